The van der Waals surface area contributed by atoms with Crippen LogP contribution in [0.4, 0.5) is 0 Å². The van der Waals surface area contributed by atoms with Crippen LogP contribution in [0.2, 0.25) is 0 Å². The summed E-state index contributed by atoms with van der Waals surface area (Å²) in [5, 5.41) is 0. The van der Waals surface area contributed by atoms with Crippen LogP contribution in [-0.4, -0.2) is 55.3 Å². The van der Waals surface area contributed by atoms with Crippen molar-refractivity contribution < 1.29 is 19.0 Å². The van der Waals surface area contributed by atoms with E-state index in [1.807, 2.05) is 35.2 Å². The van der Waals surface area contributed by atoms with Gasteiger partial charge in [0, 0.05) is 32.7 Å². The van der Waals surface area contributed by atoms with E-state index in [1.165, 1.54) is 11.1 Å². The molecule has 0 aliphatic carbocycles. The largest absolute Gasteiger partial charge is 0.484 e. The highest BCUT2D eigenvalue weighted by atomic mass is 16.7. The maximum absolute atomic E-state index is 12.5. The van der Waals surface area contributed by atoms with Crippen LogP contribution >= 0.6 is 0 Å². The molecule has 29 heavy (non-hydrogen) atoms. The van der Waals surface area contributed by atoms with Gasteiger partial charge in [-0.15, -0.1) is 0 Å². The van der Waals surface area contributed by atoms with Crippen LogP contribution in [-0.2, 0) is 11.3 Å². The van der Waals surface area contributed by atoms with Crippen molar-refractivity contribution in [3.63, 3.8) is 0 Å². The Balaban J connectivity index is 1.24. The second kappa shape index (κ2) is 8.74. The third kappa shape index (κ3) is 4.82. The summed E-state index contributed by atoms with van der Waals surface area (Å²) in [6.07, 6.45) is 0. The third-order valence-corrected chi connectivity index (χ3v) is 5.46. The molecular weight excluding hydrogens is 368 g/mol. The lowest BCUT2D eigenvalue weighted by Crippen LogP contribution is -2.49. The van der Waals surface area contributed by atoms with Crippen LogP contribution in [0, 0.1) is 0 Å². The highest BCUT2D eigenvalue weighted by Gasteiger charge is 2.22. The first-order valence-corrected chi connectivity index (χ1v) is 10.2. The SMILES string of the molecule is CC(C)c1cccc(OCC(=O)N2CCN(Cc3ccc4c(c3)OCO4)CC2)c1. The molecule has 0 radical (unpaired) electrons. The average Bonchev–Trinajstić information content (AvgIpc) is 3.20. The van der Waals surface area contributed by atoms with Crippen molar-refractivity contribution in [3.05, 3.63) is 53.6 Å². The van der Waals surface area contributed by atoms with Crippen molar-refractivity contribution in [1.82, 2.24) is 9.80 Å². The Labute approximate surface area is 172 Å². The number of ether oxygens (including phenoxy) is 3. The van der Waals surface area contributed by atoms with Gasteiger partial charge >= 0.3 is 0 Å². The standard InChI is InChI=1S/C23H28N2O4/c1-17(2)19-4-3-5-20(13-19)27-15-23(26)25-10-8-24(9-11-25)14-18-6-7-21-22(12-18)29-16-28-21/h3-7,12-13,17H,8-11,14-16H2,1-2H3. The maximum atomic E-state index is 12.5. The Kier molecular flexibility index (Phi) is 5.90. The lowest BCUT2D eigenvalue weighted by Gasteiger charge is -2.34. The van der Waals surface area contributed by atoms with E-state index in [-0.39, 0.29) is 12.5 Å². The molecule has 2 aromatic carbocycles. The van der Waals surface area contributed by atoms with Gasteiger partial charge in [-0.3, -0.25) is 9.69 Å². The van der Waals surface area contributed by atoms with E-state index >= 15 is 0 Å². The van der Waals surface area contributed by atoms with Crippen LogP contribution in [0.15, 0.2) is 42.5 Å². The van der Waals surface area contributed by atoms with Crippen molar-refractivity contribution in [1.29, 1.82) is 0 Å². The van der Waals surface area contributed by atoms with Gasteiger partial charge in [-0.2, -0.15) is 0 Å². The minimum absolute atomic E-state index is 0.0441. The summed E-state index contributed by atoms with van der Waals surface area (Å²) < 4.78 is 16.6. The van der Waals surface area contributed by atoms with Crippen molar-refractivity contribution in [2.24, 2.45) is 0 Å². The molecule has 1 fully saturated rings. The highest BCUT2D eigenvalue weighted by Crippen LogP contribution is 2.32. The minimum Gasteiger partial charge on any atom is -0.484 e. The Bertz CT molecular complexity index is 860. The molecule has 0 aromatic heterocycles. The van der Waals surface area contributed by atoms with E-state index in [1.54, 1.807) is 0 Å². The summed E-state index contributed by atoms with van der Waals surface area (Å²) >= 11 is 0. The maximum Gasteiger partial charge on any atom is 0.260 e. The number of rotatable bonds is 6. The van der Waals surface area contributed by atoms with Crippen molar-refractivity contribution in [3.8, 4) is 17.2 Å². The third-order valence-electron chi connectivity index (χ3n) is 5.46. The molecule has 6 heteroatoms. The monoisotopic (exact) mass is 396 g/mol. The fourth-order valence-electron chi connectivity index (χ4n) is 3.65. The van der Waals surface area contributed by atoms with Crippen LogP contribution in [0.3, 0.4) is 0 Å². The van der Waals surface area contributed by atoms with Crippen LogP contribution in [0.5, 0.6) is 17.2 Å². The fraction of sp³-hybridized carbons (Fsp3) is 0.435. The van der Waals surface area contributed by atoms with Crippen LogP contribution < -0.4 is 14.2 Å². The average molecular weight is 396 g/mol. The Morgan fingerprint density at radius 3 is 2.62 bits per heavy atom. The Morgan fingerprint density at radius 2 is 1.83 bits per heavy atom. The number of piperazine rings is 1. The van der Waals surface area contributed by atoms with Gasteiger partial charge in [-0.05, 0) is 41.3 Å². The number of benzene rings is 2. The second-order valence-corrected chi connectivity index (χ2v) is 7.86. The molecule has 154 valence electrons. The van der Waals surface area contributed by atoms with Gasteiger partial charge < -0.3 is 19.1 Å². The molecule has 1 amide bonds. The first-order chi connectivity index (χ1) is 14.1. The lowest BCUT2D eigenvalue weighted by atomic mass is 10.0. The van der Waals surface area contributed by atoms with Gasteiger partial charge in [0.1, 0.15) is 5.75 Å². The van der Waals surface area contributed by atoms with Crippen molar-refractivity contribution in [2.75, 3.05) is 39.6 Å². The summed E-state index contributed by atoms with van der Waals surface area (Å²) in [4.78, 5) is 16.8. The molecule has 0 bridgehead atoms. The van der Waals surface area contributed by atoms with E-state index < -0.39 is 0 Å². The highest BCUT2D eigenvalue weighted by molar-refractivity contribution is 5.77. The van der Waals surface area contributed by atoms with E-state index in [2.05, 4.69) is 30.9 Å². The van der Waals surface area contributed by atoms with E-state index in [0.717, 1.165) is 50.0 Å². The molecule has 1 saturated heterocycles. The molecule has 2 aromatic rings. The molecule has 0 atom stereocenters. The smallest absolute Gasteiger partial charge is 0.260 e. The number of hydrogen-bond acceptors (Lipinski definition) is 5. The number of fused-ring (bicyclic) bond motifs is 1. The predicted octanol–water partition coefficient (Wildman–Crippen LogP) is 3.26. The quantitative estimate of drug-likeness (QED) is 0.750. The zero-order valence-corrected chi connectivity index (χ0v) is 17.1. The predicted molar refractivity (Wildman–Crippen MR) is 110 cm³/mol. The second-order valence-electron chi connectivity index (χ2n) is 7.86. The van der Waals surface area contributed by atoms with Crippen molar-refractivity contribution in [2.45, 2.75) is 26.3 Å². The van der Waals surface area contributed by atoms with Gasteiger partial charge in [0.2, 0.25) is 6.79 Å². The van der Waals surface area contributed by atoms with E-state index in [0.29, 0.717) is 12.7 Å². The summed E-state index contributed by atoms with van der Waals surface area (Å²) in [5.41, 5.74) is 2.41. The summed E-state index contributed by atoms with van der Waals surface area (Å²) in [6, 6.07) is 14.1. The number of carbonyl (C=O) groups excluding carboxylic acids is 1. The van der Waals surface area contributed by atoms with Gasteiger partial charge in [0.25, 0.3) is 5.91 Å². The summed E-state index contributed by atoms with van der Waals surface area (Å²) in [7, 11) is 0. The fourth-order valence-corrected chi connectivity index (χ4v) is 3.65. The van der Waals surface area contributed by atoms with Gasteiger partial charge in [-0.25, -0.2) is 0 Å². The van der Waals surface area contributed by atoms with Gasteiger partial charge in [-0.1, -0.05) is 32.0 Å². The normalized spacial score (nSPS) is 16.3. The Morgan fingerprint density at radius 1 is 1.03 bits per heavy atom. The number of amides is 1. The molecule has 0 spiro atoms. The molecule has 0 N–H and O–H groups in total. The molecule has 6 nitrogen and oxygen atoms in total. The van der Waals surface area contributed by atoms with Crippen LogP contribution in [0.25, 0.3) is 0 Å². The van der Waals surface area contributed by atoms with Crippen molar-refractivity contribution >= 4 is 5.91 Å². The first-order valence-electron chi connectivity index (χ1n) is 10.2. The molecule has 2 heterocycles. The first kappa shape index (κ1) is 19.6. The topological polar surface area (TPSA) is 51.2 Å². The van der Waals surface area contributed by atoms with E-state index in [9.17, 15) is 4.79 Å². The molecule has 2 aliphatic heterocycles. The molecule has 0 unspecified atom stereocenters. The summed E-state index contributed by atoms with van der Waals surface area (Å²) in [5.74, 6) is 2.86. The molecule has 2 aliphatic rings. The molecule has 0 saturated carbocycles. The molecular formula is C23H28N2O4. The summed E-state index contributed by atoms with van der Waals surface area (Å²) in [6.45, 7) is 8.66. The lowest BCUT2D eigenvalue weighted by molar-refractivity contribution is -0.135. The zero-order chi connectivity index (χ0) is 20.2. The van der Waals surface area contributed by atoms with Gasteiger partial charge in [0.05, 0.1) is 0 Å². The minimum atomic E-state index is 0.0441. The van der Waals surface area contributed by atoms with E-state index in [4.69, 9.17) is 14.2 Å². The Hall–Kier alpha value is -2.73. The number of carbonyl (C=O) groups is 1. The van der Waals surface area contributed by atoms with Crippen LogP contribution in [0.1, 0.15) is 30.9 Å². The number of hydrogen-bond donors (Lipinski definition) is 0. The zero-order valence-electron chi connectivity index (χ0n) is 17.1. The van der Waals surface area contributed by atoms with Gasteiger partial charge in [0.15, 0.2) is 18.1 Å². The molecule has 4 rings (SSSR count). The number of nitrogens with zero attached hydrogens (tertiary/aromatic N) is 2.